The molecule has 0 aliphatic rings. The van der Waals surface area contributed by atoms with Gasteiger partial charge in [0.05, 0.1) is 5.71 Å². The van der Waals surface area contributed by atoms with E-state index in [-0.39, 0.29) is 0 Å². The quantitative estimate of drug-likeness (QED) is 0.418. The van der Waals surface area contributed by atoms with Crippen molar-refractivity contribution in [3.63, 3.8) is 0 Å². The van der Waals surface area contributed by atoms with Crippen LogP contribution in [0.1, 0.15) is 12.5 Å². The van der Waals surface area contributed by atoms with E-state index >= 15 is 0 Å². The second-order valence-corrected chi connectivity index (χ2v) is 2.92. The van der Waals surface area contributed by atoms with Gasteiger partial charge in [-0.3, -0.25) is 0 Å². The molecule has 1 aromatic carbocycles. The molecule has 0 bridgehead atoms. The van der Waals surface area contributed by atoms with Crippen LogP contribution in [-0.2, 0) is 6.54 Å². The van der Waals surface area contributed by atoms with Gasteiger partial charge in [-0.1, -0.05) is 35.5 Å². The summed E-state index contributed by atoms with van der Waals surface area (Å²) < 4.78 is 0. The van der Waals surface area contributed by atoms with Crippen molar-refractivity contribution in [1.29, 1.82) is 0 Å². The van der Waals surface area contributed by atoms with Gasteiger partial charge in [-0.25, -0.2) is 0 Å². The van der Waals surface area contributed by atoms with Crippen LogP contribution in [0.2, 0.25) is 0 Å². The minimum Gasteiger partial charge on any atom is -0.411 e. The van der Waals surface area contributed by atoms with E-state index in [1.165, 1.54) is 5.56 Å². The van der Waals surface area contributed by atoms with Gasteiger partial charge in [0.2, 0.25) is 0 Å². The van der Waals surface area contributed by atoms with E-state index in [9.17, 15) is 0 Å². The first-order valence-electron chi connectivity index (χ1n) is 4.25. The minimum absolute atomic E-state index is 0.616. The van der Waals surface area contributed by atoms with Crippen LogP contribution in [0.3, 0.4) is 0 Å². The summed E-state index contributed by atoms with van der Waals surface area (Å²) in [4.78, 5) is 0. The van der Waals surface area contributed by atoms with Crippen LogP contribution >= 0.6 is 0 Å². The molecular formula is C10H14N2O. The van der Waals surface area contributed by atoms with Crippen LogP contribution in [0.25, 0.3) is 0 Å². The molecule has 1 rings (SSSR count). The maximum absolute atomic E-state index is 8.38. The highest BCUT2D eigenvalue weighted by molar-refractivity contribution is 5.83. The van der Waals surface area contributed by atoms with Gasteiger partial charge in [0.15, 0.2) is 0 Å². The standard InChI is InChI=1S/C10H14N2O/c1-9(12-13)7-11-8-10-5-3-2-4-6-10/h2-6,11,13H,7-8H2,1H3/b12-9+. The van der Waals surface area contributed by atoms with Gasteiger partial charge >= 0.3 is 0 Å². The van der Waals surface area contributed by atoms with E-state index in [1.807, 2.05) is 18.2 Å². The Bertz CT molecular complexity index is 270. The van der Waals surface area contributed by atoms with Crippen molar-refractivity contribution in [2.24, 2.45) is 5.16 Å². The van der Waals surface area contributed by atoms with Crippen LogP contribution in [0.4, 0.5) is 0 Å². The van der Waals surface area contributed by atoms with Crippen LogP contribution in [-0.4, -0.2) is 17.5 Å². The van der Waals surface area contributed by atoms with Crippen LogP contribution < -0.4 is 5.32 Å². The molecule has 0 amide bonds. The second kappa shape index (κ2) is 5.32. The molecule has 0 heterocycles. The molecule has 70 valence electrons. The van der Waals surface area contributed by atoms with Crippen molar-refractivity contribution in [2.45, 2.75) is 13.5 Å². The van der Waals surface area contributed by atoms with E-state index < -0.39 is 0 Å². The number of rotatable bonds is 4. The number of benzene rings is 1. The second-order valence-electron chi connectivity index (χ2n) is 2.92. The number of nitrogens with one attached hydrogen (secondary N) is 1. The Labute approximate surface area is 78.1 Å². The molecule has 0 aliphatic carbocycles. The van der Waals surface area contributed by atoms with E-state index in [4.69, 9.17) is 5.21 Å². The highest BCUT2D eigenvalue weighted by atomic mass is 16.4. The van der Waals surface area contributed by atoms with Gasteiger partial charge in [0.25, 0.3) is 0 Å². The van der Waals surface area contributed by atoms with E-state index in [2.05, 4.69) is 22.6 Å². The van der Waals surface area contributed by atoms with Crippen LogP contribution in [0, 0.1) is 0 Å². The minimum atomic E-state index is 0.616. The Balaban J connectivity index is 2.28. The first kappa shape index (κ1) is 9.74. The zero-order valence-corrected chi connectivity index (χ0v) is 7.70. The molecule has 0 atom stereocenters. The van der Waals surface area contributed by atoms with Gasteiger partial charge in [-0.15, -0.1) is 0 Å². The van der Waals surface area contributed by atoms with Crippen molar-refractivity contribution < 1.29 is 5.21 Å². The lowest BCUT2D eigenvalue weighted by Gasteiger charge is -2.02. The normalized spacial score (nSPS) is 11.6. The number of nitrogens with zero attached hydrogens (tertiary/aromatic N) is 1. The average molecular weight is 178 g/mol. The molecule has 0 saturated heterocycles. The van der Waals surface area contributed by atoms with E-state index in [1.54, 1.807) is 6.92 Å². The smallest absolute Gasteiger partial charge is 0.0677 e. The van der Waals surface area contributed by atoms with Crippen molar-refractivity contribution in [1.82, 2.24) is 5.32 Å². The molecule has 0 saturated carbocycles. The SMILES string of the molecule is C/C(CNCc1ccccc1)=N\O. The van der Waals surface area contributed by atoms with Crippen molar-refractivity contribution in [3.05, 3.63) is 35.9 Å². The monoisotopic (exact) mass is 178 g/mol. The Hall–Kier alpha value is -1.35. The predicted molar refractivity (Wildman–Crippen MR) is 53.0 cm³/mol. The number of oxime groups is 1. The summed E-state index contributed by atoms with van der Waals surface area (Å²) in [6.07, 6.45) is 0. The zero-order chi connectivity index (χ0) is 9.52. The molecule has 0 aromatic heterocycles. The summed E-state index contributed by atoms with van der Waals surface area (Å²) in [5.41, 5.74) is 1.92. The van der Waals surface area contributed by atoms with Gasteiger partial charge in [-0.05, 0) is 12.5 Å². The Morgan fingerprint density at radius 3 is 2.69 bits per heavy atom. The third-order valence-corrected chi connectivity index (χ3v) is 1.72. The third-order valence-electron chi connectivity index (χ3n) is 1.72. The molecule has 3 heteroatoms. The molecular weight excluding hydrogens is 164 g/mol. The summed E-state index contributed by atoms with van der Waals surface area (Å²) in [5.74, 6) is 0. The largest absolute Gasteiger partial charge is 0.411 e. The molecule has 0 unspecified atom stereocenters. The highest BCUT2D eigenvalue weighted by Crippen LogP contribution is 1.96. The van der Waals surface area contributed by atoms with Gasteiger partial charge in [-0.2, -0.15) is 0 Å². The zero-order valence-electron chi connectivity index (χ0n) is 7.70. The van der Waals surface area contributed by atoms with E-state index in [0.717, 1.165) is 6.54 Å². The molecule has 3 nitrogen and oxygen atoms in total. The molecule has 0 fully saturated rings. The molecule has 0 radical (unpaired) electrons. The van der Waals surface area contributed by atoms with Crippen molar-refractivity contribution >= 4 is 5.71 Å². The Morgan fingerprint density at radius 2 is 2.08 bits per heavy atom. The van der Waals surface area contributed by atoms with Gasteiger partial charge in [0.1, 0.15) is 0 Å². The lowest BCUT2D eigenvalue weighted by Crippen LogP contribution is -2.20. The van der Waals surface area contributed by atoms with Gasteiger partial charge < -0.3 is 10.5 Å². The summed E-state index contributed by atoms with van der Waals surface area (Å²) in [6.45, 7) is 3.19. The maximum Gasteiger partial charge on any atom is 0.0677 e. The van der Waals surface area contributed by atoms with E-state index in [0.29, 0.717) is 12.3 Å². The topological polar surface area (TPSA) is 44.6 Å². The lowest BCUT2D eigenvalue weighted by molar-refractivity contribution is 0.317. The molecule has 0 spiro atoms. The summed E-state index contributed by atoms with van der Waals surface area (Å²) in [7, 11) is 0. The first-order valence-corrected chi connectivity index (χ1v) is 4.25. The maximum atomic E-state index is 8.38. The average Bonchev–Trinajstić information content (AvgIpc) is 2.19. The predicted octanol–water partition coefficient (Wildman–Crippen LogP) is 1.63. The fourth-order valence-electron chi connectivity index (χ4n) is 1.02. The fraction of sp³-hybridized carbons (Fsp3) is 0.300. The molecule has 1 aromatic rings. The highest BCUT2D eigenvalue weighted by Gasteiger charge is 1.92. The molecule has 2 N–H and O–H groups in total. The Kier molecular flexibility index (Phi) is 3.99. The lowest BCUT2D eigenvalue weighted by atomic mass is 10.2. The Morgan fingerprint density at radius 1 is 1.38 bits per heavy atom. The third kappa shape index (κ3) is 3.71. The molecule has 0 aliphatic heterocycles. The summed E-state index contributed by atoms with van der Waals surface area (Å²) in [5, 5.41) is 14.6. The fourth-order valence-corrected chi connectivity index (χ4v) is 1.02. The van der Waals surface area contributed by atoms with Crippen LogP contribution in [0.15, 0.2) is 35.5 Å². The number of hydrogen-bond donors (Lipinski definition) is 2. The van der Waals surface area contributed by atoms with Crippen molar-refractivity contribution in [3.8, 4) is 0 Å². The van der Waals surface area contributed by atoms with Crippen LogP contribution in [0.5, 0.6) is 0 Å². The number of hydrogen-bond acceptors (Lipinski definition) is 3. The summed E-state index contributed by atoms with van der Waals surface area (Å²) >= 11 is 0. The summed E-state index contributed by atoms with van der Waals surface area (Å²) in [6, 6.07) is 10.1. The van der Waals surface area contributed by atoms with Crippen molar-refractivity contribution in [2.75, 3.05) is 6.54 Å². The molecule has 13 heavy (non-hydrogen) atoms. The van der Waals surface area contributed by atoms with Gasteiger partial charge in [0, 0.05) is 13.1 Å². The first-order chi connectivity index (χ1) is 6.33.